The maximum atomic E-state index is 12.2. The summed E-state index contributed by atoms with van der Waals surface area (Å²) in [7, 11) is 1.68. The van der Waals surface area contributed by atoms with Gasteiger partial charge in [0.25, 0.3) is 0 Å². The van der Waals surface area contributed by atoms with Crippen LogP contribution in [0, 0.1) is 5.41 Å². The van der Waals surface area contributed by atoms with Crippen molar-refractivity contribution in [1.29, 1.82) is 0 Å². The van der Waals surface area contributed by atoms with Gasteiger partial charge in [-0.25, -0.2) is 0 Å². The quantitative estimate of drug-likeness (QED) is 0.710. The lowest BCUT2D eigenvalue weighted by Crippen LogP contribution is -2.36. The Hall–Kier alpha value is -0.610. The van der Waals surface area contributed by atoms with E-state index in [0.29, 0.717) is 6.61 Å². The molecule has 106 valence electrons. The van der Waals surface area contributed by atoms with Crippen LogP contribution in [0.3, 0.4) is 0 Å². The maximum Gasteiger partial charge on any atom is 0.313 e. The average molecular weight is 257 g/mol. The van der Waals surface area contributed by atoms with E-state index < -0.39 is 0 Å². The molecular formula is C14H27NO3. The Bertz CT molecular complexity index is 270. The molecule has 0 spiro atoms. The molecule has 0 aromatic rings. The number of rotatable bonds is 7. The zero-order valence-electron chi connectivity index (χ0n) is 12.2. The van der Waals surface area contributed by atoms with Crippen molar-refractivity contribution in [1.82, 2.24) is 5.32 Å². The van der Waals surface area contributed by atoms with Crippen LogP contribution >= 0.6 is 0 Å². The Morgan fingerprint density at radius 2 is 2.17 bits per heavy atom. The van der Waals surface area contributed by atoms with Crippen molar-refractivity contribution >= 4 is 5.97 Å². The van der Waals surface area contributed by atoms with Gasteiger partial charge in [-0.3, -0.25) is 4.79 Å². The molecule has 18 heavy (non-hydrogen) atoms. The van der Waals surface area contributed by atoms with E-state index in [1.165, 1.54) is 0 Å². The fraction of sp³-hybridized carbons (Fsp3) is 0.929. The molecule has 1 rings (SSSR count). The van der Waals surface area contributed by atoms with Crippen LogP contribution in [0.4, 0.5) is 0 Å². The first kappa shape index (κ1) is 15.4. The molecule has 1 unspecified atom stereocenters. The highest BCUT2D eigenvalue weighted by Gasteiger charge is 2.41. The van der Waals surface area contributed by atoms with Gasteiger partial charge in [-0.15, -0.1) is 0 Å². The van der Waals surface area contributed by atoms with Crippen LogP contribution in [0.25, 0.3) is 0 Å². The zero-order valence-corrected chi connectivity index (χ0v) is 12.2. The van der Waals surface area contributed by atoms with Gasteiger partial charge in [0.05, 0.1) is 17.6 Å². The van der Waals surface area contributed by atoms with Crippen LogP contribution in [0.2, 0.25) is 0 Å². The predicted molar refractivity (Wildman–Crippen MR) is 71.5 cm³/mol. The van der Waals surface area contributed by atoms with Gasteiger partial charge in [0.15, 0.2) is 0 Å². The minimum Gasteiger partial charge on any atom is -0.465 e. The molecule has 0 amide bonds. The van der Waals surface area contributed by atoms with Crippen molar-refractivity contribution in [2.75, 3.05) is 26.8 Å². The first-order valence-electron chi connectivity index (χ1n) is 6.89. The lowest BCUT2D eigenvalue weighted by atomic mass is 9.82. The first-order valence-corrected chi connectivity index (χ1v) is 6.89. The van der Waals surface area contributed by atoms with E-state index in [1.54, 1.807) is 7.11 Å². The summed E-state index contributed by atoms with van der Waals surface area (Å²) in [5, 5.41) is 3.27. The number of esters is 1. The van der Waals surface area contributed by atoms with Gasteiger partial charge in [0.1, 0.15) is 0 Å². The van der Waals surface area contributed by atoms with Crippen molar-refractivity contribution < 1.29 is 14.3 Å². The fourth-order valence-corrected chi connectivity index (χ4v) is 2.36. The summed E-state index contributed by atoms with van der Waals surface area (Å²) in [5.74, 6) is -0.0405. The van der Waals surface area contributed by atoms with E-state index in [-0.39, 0.29) is 17.0 Å². The summed E-state index contributed by atoms with van der Waals surface area (Å²) in [6, 6.07) is 0. The van der Waals surface area contributed by atoms with Crippen LogP contribution in [-0.2, 0) is 14.3 Å². The topological polar surface area (TPSA) is 47.6 Å². The van der Waals surface area contributed by atoms with E-state index in [0.717, 1.165) is 38.8 Å². The van der Waals surface area contributed by atoms with Gasteiger partial charge in [0.2, 0.25) is 0 Å². The first-order chi connectivity index (χ1) is 8.46. The molecule has 0 aromatic carbocycles. The minimum atomic E-state index is -0.286. The second-order valence-corrected chi connectivity index (χ2v) is 5.81. The molecule has 1 fully saturated rings. The third kappa shape index (κ3) is 3.95. The van der Waals surface area contributed by atoms with Crippen molar-refractivity contribution in [3.63, 3.8) is 0 Å². The van der Waals surface area contributed by atoms with Crippen LogP contribution in [0.5, 0.6) is 0 Å². The molecule has 0 aliphatic carbocycles. The molecular weight excluding hydrogens is 230 g/mol. The summed E-state index contributed by atoms with van der Waals surface area (Å²) < 4.78 is 10.8. The lowest BCUT2D eigenvalue weighted by Gasteiger charge is -2.27. The lowest BCUT2D eigenvalue weighted by molar-refractivity contribution is -0.156. The molecule has 1 atom stereocenters. The van der Waals surface area contributed by atoms with Gasteiger partial charge < -0.3 is 14.8 Å². The molecule has 4 nitrogen and oxygen atoms in total. The Morgan fingerprint density at radius 3 is 2.67 bits per heavy atom. The summed E-state index contributed by atoms with van der Waals surface area (Å²) in [6.07, 6.45) is 3.55. The molecule has 1 N–H and O–H groups in total. The van der Waals surface area contributed by atoms with E-state index in [2.05, 4.69) is 12.2 Å². The third-order valence-corrected chi connectivity index (χ3v) is 3.90. The maximum absolute atomic E-state index is 12.2. The number of carbonyl (C=O) groups excluding carboxylic acids is 1. The van der Waals surface area contributed by atoms with Gasteiger partial charge in [-0.05, 0) is 33.2 Å². The molecule has 1 aliphatic heterocycles. The fourth-order valence-electron chi connectivity index (χ4n) is 2.36. The molecule has 1 heterocycles. The SMILES string of the molecule is CCCC1(C(=O)OCCC(C)(C)OC)CCNC1. The van der Waals surface area contributed by atoms with Crippen LogP contribution in [-0.4, -0.2) is 38.4 Å². The van der Waals surface area contributed by atoms with Crippen LogP contribution in [0.15, 0.2) is 0 Å². The highest BCUT2D eigenvalue weighted by atomic mass is 16.5. The second kappa shape index (κ2) is 6.53. The number of nitrogens with one attached hydrogen (secondary N) is 1. The van der Waals surface area contributed by atoms with Gasteiger partial charge in [-0.1, -0.05) is 13.3 Å². The Morgan fingerprint density at radius 1 is 1.44 bits per heavy atom. The normalized spacial score (nSPS) is 24.2. The van der Waals surface area contributed by atoms with Crippen molar-refractivity contribution in [3.05, 3.63) is 0 Å². The average Bonchev–Trinajstić information content (AvgIpc) is 2.79. The number of hydrogen-bond acceptors (Lipinski definition) is 4. The summed E-state index contributed by atoms with van der Waals surface area (Å²) in [6.45, 7) is 8.22. The Kier molecular flexibility index (Phi) is 5.60. The predicted octanol–water partition coefficient (Wildman–Crippen LogP) is 2.12. The van der Waals surface area contributed by atoms with Crippen LogP contribution < -0.4 is 5.32 Å². The Labute approximate surface area is 110 Å². The molecule has 1 aliphatic rings. The third-order valence-electron chi connectivity index (χ3n) is 3.90. The highest BCUT2D eigenvalue weighted by Crippen LogP contribution is 2.32. The van der Waals surface area contributed by atoms with E-state index >= 15 is 0 Å². The molecule has 4 heteroatoms. The molecule has 1 saturated heterocycles. The van der Waals surface area contributed by atoms with E-state index in [9.17, 15) is 4.79 Å². The van der Waals surface area contributed by atoms with Crippen molar-refractivity contribution in [3.8, 4) is 0 Å². The number of ether oxygens (including phenoxy) is 2. The van der Waals surface area contributed by atoms with Gasteiger partial charge in [-0.2, -0.15) is 0 Å². The molecule has 0 radical (unpaired) electrons. The number of carbonyl (C=O) groups is 1. The zero-order chi connectivity index (χ0) is 13.6. The highest BCUT2D eigenvalue weighted by molar-refractivity contribution is 5.77. The van der Waals surface area contributed by atoms with Gasteiger partial charge in [0, 0.05) is 20.1 Å². The Balaban J connectivity index is 2.43. The largest absolute Gasteiger partial charge is 0.465 e. The number of hydrogen-bond donors (Lipinski definition) is 1. The smallest absolute Gasteiger partial charge is 0.313 e. The van der Waals surface area contributed by atoms with E-state index in [1.807, 2.05) is 13.8 Å². The molecule has 0 bridgehead atoms. The molecule has 0 aromatic heterocycles. The monoisotopic (exact) mass is 257 g/mol. The standard InChI is InChI=1S/C14H27NO3/c1-5-6-14(7-9-15-11-14)12(16)18-10-8-13(2,3)17-4/h15H,5-11H2,1-4H3. The summed E-state index contributed by atoms with van der Waals surface area (Å²) in [5.41, 5.74) is -0.516. The number of methoxy groups -OCH3 is 1. The van der Waals surface area contributed by atoms with Gasteiger partial charge >= 0.3 is 5.97 Å². The summed E-state index contributed by atoms with van der Waals surface area (Å²) >= 11 is 0. The minimum absolute atomic E-state index is 0.0405. The van der Waals surface area contributed by atoms with Crippen LogP contribution in [0.1, 0.15) is 46.5 Å². The van der Waals surface area contributed by atoms with Crippen molar-refractivity contribution in [2.24, 2.45) is 5.41 Å². The summed E-state index contributed by atoms with van der Waals surface area (Å²) in [4.78, 5) is 12.2. The second-order valence-electron chi connectivity index (χ2n) is 5.81. The van der Waals surface area contributed by atoms with E-state index in [4.69, 9.17) is 9.47 Å². The molecule has 0 saturated carbocycles. The van der Waals surface area contributed by atoms with Crippen molar-refractivity contribution in [2.45, 2.75) is 52.1 Å².